The van der Waals surface area contributed by atoms with Crippen molar-refractivity contribution in [3.05, 3.63) is 42.0 Å². The van der Waals surface area contributed by atoms with E-state index >= 15 is 0 Å². The lowest BCUT2D eigenvalue weighted by atomic mass is 9.98. The summed E-state index contributed by atoms with van der Waals surface area (Å²) >= 11 is 1.70. The van der Waals surface area contributed by atoms with Crippen molar-refractivity contribution in [2.45, 2.75) is 17.7 Å². The first kappa shape index (κ1) is 12.0. The van der Waals surface area contributed by atoms with E-state index in [4.69, 9.17) is 5.11 Å². The Morgan fingerprint density at radius 2 is 2.06 bits per heavy atom. The van der Waals surface area contributed by atoms with Crippen molar-refractivity contribution in [2.75, 3.05) is 6.26 Å². The molecule has 17 heavy (non-hydrogen) atoms. The second-order valence-corrected chi connectivity index (χ2v) is 4.85. The molecule has 88 valence electrons. The number of thioether (sulfide) groups is 1. The van der Waals surface area contributed by atoms with Gasteiger partial charge < -0.3 is 5.11 Å². The normalized spacial score (nSPS) is 12.6. The minimum Gasteiger partial charge on any atom is -0.481 e. The van der Waals surface area contributed by atoms with Crippen molar-refractivity contribution in [1.82, 2.24) is 0 Å². The van der Waals surface area contributed by atoms with Crippen LogP contribution < -0.4 is 0 Å². The first-order valence-corrected chi connectivity index (χ1v) is 6.65. The third kappa shape index (κ3) is 2.29. The molecule has 1 atom stereocenters. The van der Waals surface area contributed by atoms with Crippen LogP contribution in [0, 0.1) is 0 Å². The molecule has 0 aliphatic carbocycles. The molecule has 0 bridgehead atoms. The lowest BCUT2D eigenvalue weighted by Gasteiger charge is -2.09. The summed E-state index contributed by atoms with van der Waals surface area (Å²) in [5, 5.41) is 11.3. The van der Waals surface area contributed by atoms with Crippen LogP contribution in [0.3, 0.4) is 0 Å². The number of carboxylic acid groups (broad SMARTS) is 1. The zero-order chi connectivity index (χ0) is 12.4. The number of carboxylic acids is 1. The van der Waals surface area contributed by atoms with Gasteiger partial charge in [0, 0.05) is 4.90 Å². The summed E-state index contributed by atoms with van der Waals surface area (Å²) in [5.74, 6) is -1.25. The molecule has 0 fully saturated rings. The van der Waals surface area contributed by atoms with E-state index in [-0.39, 0.29) is 0 Å². The summed E-state index contributed by atoms with van der Waals surface area (Å²) in [6.45, 7) is 1.71. The fourth-order valence-corrected chi connectivity index (χ4v) is 2.48. The lowest BCUT2D eigenvalue weighted by molar-refractivity contribution is -0.138. The maximum Gasteiger partial charge on any atom is 0.310 e. The minimum absolute atomic E-state index is 0.461. The number of carbonyl (C=O) groups is 1. The molecule has 0 saturated carbocycles. The number of hydrogen-bond donors (Lipinski definition) is 1. The molecule has 2 rings (SSSR count). The van der Waals surface area contributed by atoms with E-state index in [1.54, 1.807) is 18.7 Å². The topological polar surface area (TPSA) is 37.3 Å². The number of fused-ring (bicyclic) bond motifs is 1. The number of rotatable bonds is 3. The highest BCUT2D eigenvalue weighted by molar-refractivity contribution is 7.98. The first-order chi connectivity index (χ1) is 8.13. The molecule has 0 aliphatic heterocycles. The molecular weight excluding hydrogens is 232 g/mol. The first-order valence-electron chi connectivity index (χ1n) is 5.43. The van der Waals surface area contributed by atoms with E-state index in [0.29, 0.717) is 0 Å². The Kier molecular flexibility index (Phi) is 3.38. The summed E-state index contributed by atoms with van der Waals surface area (Å²) in [6.07, 6.45) is 2.04. The molecule has 0 aromatic heterocycles. The third-order valence-electron chi connectivity index (χ3n) is 2.95. The molecular formula is C14H14O2S. The Morgan fingerprint density at radius 3 is 2.71 bits per heavy atom. The Balaban J connectivity index is 2.55. The summed E-state index contributed by atoms with van der Waals surface area (Å²) < 4.78 is 0. The quantitative estimate of drug-likeness (QED) is 0.838. The van der Waals surface area contributed by atoms with Crippen LogP contribution in [-0.2, 0) is 4.79 Å². The van der Waals surface area contributed by atoms with E-state index in [0.717, 1.165) is 10.9 Å². The molecule has 2 aromatic carbocycles. The van der Waals surface area contributed by atoms with Crippen LogP contribution in [0.5, 0.6) is 0 Å². The maximum absolute atomic E-state index is 11.0. The Hall–Kier alpha value is -1.48. The van der Waals surface area contributed by atoms with Crippen LogP contribution in [0.4, 0.5) is 0 Å². The Morgan fingerprint density at radius 1 is 1.29 bits per heavy atom. The largest absolute Gasteiger partial charge is 0.481 e. The van der Waals surface area contributed by atoms with Crippen molar-refractivity contribution in [3.63, 3.8) is 0 Å². The summed E-state index contributed by atoms with van der Waals surface area (Å²) in [4.78, 5) is 12.2. The van der Waals surface area contributed by atoms with Crippen molar-refractivity contribution in [3.8, 4) is 0 Å². The third-order valence-corrected chi connectivity index (χ3v) is 3.75. The second-order valence-electron chi connectivity index (χ2n) is 4.00. The Labute approximate surface area is 105 Å². The fraction of sp³-hybridized carbons (Fsp3) is 0.214. The molecule has 0 amide bonds. The maximum atomic E-state index is 11.0. The molecule has 0 spiro atoms. The monoisotopic (exact) mass is 246 g/mol. The van der Waals surface area contributed by atoms with Crippen LogP contribution in [0.1, 0.15) is 18.4 Å². The molecule has 0 saturated heterocycles. The highest BCUT2D eigenvalue weighted by Crippen LogP contribution is 2.28. The van der Waals surface area contributed by atoms with Crippen LogP contribution >= 0.6 is 11.8 Å². The number of hydrogen-bond acceptors (Lipinski definition) is 2. The van der Waals surface area contributed by atoms with Crippen LogP contribution in [-0.4, -0.2) is 17.3 Å². The standard InChI is InChI=1S/C14H14O2S/c1-9(14(15)16)10-6-7-12-11(8-10)4-3-5-13(12)17-2/h3-9H,1-2H3,(H,15,16). The lowest BCUT2D eigenvalue weighted by Crippen LogP contribution is -2.07. The van der Waals surface area contributed by atoms with Crippen LogP contribution in [0.2, 0.25) is 0 Å². The van der Waals surface area contributed by atoms with Gasteiger partial charge in [0.25, 0.3) is 0 Å². The fourth-order valence-electron chi connectivity index (χ4n) is 1.86. The average molecular weight is 246 g/mol. The van der Waals surface area contributed by atoms with Gasteiger partial charge in [-0.2, -0.15) is 0 Å². The van der Waals surface area contributed by atoms with E-state index in [1.165, 1.54) is 10.3 Å². The van der Waals surface area contributed by atoms with Gasteiger partial charge in [-0.3, -0.25) is 4.79 Å². The van der Waals surface area contributed by atoms with Gasteiger partial charge >= 0.3 is 5.97 Å². The summed E-state index contributed by atoms with van der Waals surface area (Å²) in [7, 11) is 0. The smallest absolute Gasteiger partial charge is 0.310 e. The van der Waals surface area contributed by atoms with Gasteiger partial charge in [0.05, 0.1) is 5.92 Å². The van der Waals surface area contributed by atoms with E-state index in [9.17, 15) is 4.79 Å². The van der Waals surface area contributed by atoms with Crippen LogP contribution in [0.25, 0.3) is 10.8 Å². The SMILES string of the molecule is CSc1cccc2cc(C(C)C(=O)O)ccc12. The molecule has 2 nitrogen and oxygen atoms in total. The number of aliphatic carboxylic acids is 1. The molecule has 2 aromatic rings. The van der Waals surface area contributed by atoms with E-state index in [2.05, 4.69) is 6.07 Å². The highest BCUT2D eigenvalue weighted by Gasteiger charge is 2.13. The molecule has 1 N–H and O–H groups in total. The van der Waals surface area contributed by atoms with Gasteiger partial charge in [0.2, 0.25) is 0 Å². The minimum atomic E-state index is -0.787. The zero-order valence-corrected chi connectivity index (χ0v) is 10.6. The summed E-state index contributed by atoms with van der Waals surface area (Å²) in [6, 6.07) is 12.0. The Bertz CT molecular complexity index is 563. The van der Waals surface area contributed by atoms with Crippen molar-refractivity contribution in [1.29, 1.82) is 0 Å². The second kappa shape index (κ2) is 4.80. The van der Waals surface area contributed by atoms with Gasteiger partial charge in [-0.05, 0) is 35.6 Å². The van der Waals surface area contributed by atoms with Crippen molar-refractivity contribution in [2.24, 2.45) is 0 Å². The summed E-state index contributed by atoms with van der Waals surface area (Å²) in [5.41, 5.74) is 0.850. The zero-order valence-electron chi connectivity index (χ0n) is 9.81. The van der Waals surface area contributed by atoms with Gasteiger partial charge in [-0.25, -0.2) is 0 Å². The van der Waals surface area contributed by atoms with E-state index < -0.39 is 11.9 Å². The van der Waals surface area contributed by atoms with Gasteiger partial charge in [0.15, 0.2) is 0 Å². The predicted octanol–water partition coefficient (Wildman–Crippen LogP) is 3.75. The van der Waals surface area contributed by atoms with E-state index in [1.807, 2.05) is 36.6 Å². The van der Waals surface area contributed by atoms with Gasteiger partial charge in [0.1, 0.15) is 0 Å². The predicted molar refractivity (Wildman–Crippen MR) is 71.8 cm³/mol. The van der Waals surface area contributed by atoms with Crippen LogP contribution in [0.15, 0.2) is 41.3 Å². The molecule has 1 unspecified atom stereocenters. The average Bonchev–Trinajstić information content (AvgIpc) is 2.36. The molecule has 0 heterocycles. The van der Waals surface area contributed by atoms with Gasteiger partial charge in [-0.1, -0.05) is 30.3 Å². The number of benzene rings is 2. The molecule has 0 aliphatic rings. The highest BCUT2D eigenvalue weighted by atomic mass is 32.2. The molecule has 0 radical (unpaired) electrons. The molecule has 3 heteroatoms. The van der Waals surface area contributed by atoms with Crippen molar-refractivity contribution < 1.29 is 9.90 Å². The van der Waals surface area contributed by atoms with Crippen molar-refractivity contribution >= 4 is 28.5 Å². The van der Waals surface area contributed by atoms with Gasteiger partial charge in [-0.15, -0.1) is 11.8 Å².